The van der Waals surface area contributed by atoms with Crippen LogP contribution in [0.3, 0.4) is 0 Å². The van der Waals surface area contributed by atoms with Crippen LogP contribution in [0, 0.1) is 6.92 Å². The number of nitrogens with zero attached hydrogens (tertiary/aromatic N) is 3. The van der Waals surface area contributed by atoms with Gasteiger partial charge in [0.15, 0.2) is 5.96 Å². The van der Waals surface area contributed by atoms with E-state index in [4.69, 9.17) is 14.1 Å². The minimum atomic E-state index is 0. The number of aryl methyl sites for hydroxylation is 1. The van der Waals surface area contributed by atoms with Crippen molar-refractivity contribution in [1.29, 1.82) is 0 Å². The molecule has 1 N–H and O–H groups in total. The van der Waals surface area contributed by atoms with Gasteiger partial charge in [-0.15, -0.1) is 35.3 Å². The Morgan fingerprint density at radius 2 is 2.07 bits per heavy atom. The van der Waals surface area contributed by atoms with Crippen molar-refractivity contribution in [2.24, 2.45) is 4.99 Å². The second kappa shape index (κ2) is 11.8. The van der Waals surface area contributed by atoms with Gasteiger partial charge >= 0.3 is 0 Å². The van der Waals surface area contributed by atoms with Gasteiger partial charge in [-0.25, -0.2) is 9.98 Å². The number of aliphatic imine (C=N–C) groups is 1. The number of thiazole rings is 1. The van der Waals surface area contributed by atoms with E-state index in [0.717, 1.165) is 46.7 Å². The summed E-state index contributed by atoms with van der Waals surface area (Å²) in [6, 6.07) is 11.9. The van der Waals surface area contributed by atoms with Gasteiger partial charge in [-0.05, 0) is 36.8 Å². The van der Waals surface area contributed by atoms with Crippen molar-refractivity contribution in [3.63, 3.8) is 0 Å². The summed E-state index contributed by atoms with van der Waals surface area (Å²) >= 11 is 1.67. The summed E-state index contributed by atoms with van der Waals surface area (Å²) in [5.41, 5.74) is 2.18. The SMILES string of the molecule is COc1ccc(CN=C(NCCc2ccco2)N(C)Cc2csc(C)n2)cc1.I. The van der Waals surface area contributed by atoms with Gasteiger partial charge in [0, 0.05) is 25.4 Å². The molecule has 0 saturated heterocycles. The number of halogens is 1. The first-order valence-corrected chi connectivity index (χ1v) is 10.1. The summed E-state index contributed by atoms with van der Waals surface area (Å²) in [6.45, 7) is 4.07. The lowest BCUT2D eigenvalue weighted by molar-refractivity contribution is 0.414. The van der Waals surface area contributed by atoms with Crippen LogP contribution in [0.1, 0.15) is 22.0 Å². The van der Waals surface area contributed by atoms with Crippen LogP contribution in [0.15, 0.2) is 57.5 Å². The van der Waals surface area contributed by atoms with E-state index in [1.807, 2.05) is 50.4 Å². The van der Waals surface area contributed by atoms with Crippen LogP contribution in [0.25, 0.3) is 0 Å². The molecule has 0 bridgehead atoms. The topological polar surface area (TPSA) is 62.9 Å². The Balaban J connectivity index is 0.00000300. The molecular formula is C21H27IN4O2S. The molecule has 0 fully saturated rings. The predicted octanol–water partition coefficient (Wildman–Crippen LogP) is 4.49. The summed E-state index contributed by atoms with van der Waals surface area (Å²) in [6.07, 6.45) is 2.50. The summed E-state index contributed by atoms with van der Waals surface area (Å²) in [7, 11) is 3.70. The molecule has 6 nitrogen and oxygen atoms in total. The molecule has 2 aromatic heterocycles. The molecule has 0 spiro atoms. The number of rotatable bonds is 8. The van der Waals surface area contributed by atoms with E-state index in [0.29, 0.717) is 13.1 Å². The van der Waals surface area contributed by atoms with E-state index in [1.54, 1.807) is 24.7 Å². The Morgan fingerprint density at radius 3 is 2.69 bits per heavy atom. The molecule has 0 aliphatic heterocycles. The first-order chi connectivity index (χ1) is 13.6. The zero-order valence-corrected chi connectivity index (χ0v) is 20.1. The van der Waals surface area contributed by atoms with Crippen molar-refractivity contribution in [3.8, 4) is 5.75 Å². The van der Waals surface area contributed by atoms with Gasteiger partial charge in [0.25, 0.3) is 0 Å². The molecule has 0 aliphatic carbocycles. The zero-order chi connectivity index (χ0) is 19.8. The van der Waals surface area contributed by atoms with E-state index in [2.05, 4.69) is 20.6 Å². The Labute approximate surface area is 193 Å². The number of guanidine groups is 1. The molecule has 0 radical (unpaired) electrons. The van der Waals surface area contributed by atoms with Crippen LogP contribution in [0.5, 0.6) is 5.75 Å². The maximum atomic E-state index is 5.41. The fourth-order valence-corrected chi connectivity index (χ4v) is 3.36. The van der Waals surface area contributed by atoms with Crippen molar-refractivity contribution in [2.75, 3.05) is 20.7 Å². The van der Waals surface area contributed by atoms with E-state index < -0.39 is 0 Å². The summed E-state index contributed by atoms with van der Waals surface area (Å²) in [5, 5.41) is 6.61. The maximum Gasteiger partial charge on any atom is 0.194 e. The highest BCUT2D eigenvalue weighted by atomic mass is 127. The van der Waals surface area contributed by atoms with Gasteiger partial charge in [0.1, 0.15) is 11.5 Å². The van der Waals surface area contributed by atoms with Gasteiger partial charge in [-0.3, -0.25) is 0 Å². The zero-order valence-electron chi connectivity index (χ0n) is 16.9. The summed E-state index contributed by atoms with van der Waals surface area (Å²) < 4.78 is 10.6. The van der Waals surface area contributed by atoms with Crippen molar-refractivity contribution >= 4 is 41.3 Å². The smallest absolute Gasteiger partial charge is 0.194 e. The number of ether oxygens (including phenoxy) is 1. The van der Waals surface area contributed by atoms with Crippen molar-refractivity contribution < 1.29 is 9.15 Å². The fraction of sp³-hybridized carbons (Fsp3) is 0.333. The largest absolute Gasteiger partial charge is 0.497 e. The third-order valence-corrected chi connectivity index (χ3v) is 5.05. The van der Waals surface area contributed by atoms with Crippen molar-refractivity contribution in [3.05, 3.63) is 70.1 Å². The van der Waals surface area contributed by atoms with Crippen molar-refractivity contribution in [1.82, 2.24) is 15.2 Å². The molecule has 0 amide bonds. The van der Waals surface area contributed by atoms with Gasteiger partial charge in [-0.1, -0.05) is 12.1 Å². The highest BCUT2D eigenvalue weighted by Crippen LogP contribution is 2.13. The van der Waals surface area contributed by atoms with Crippen LogP contribution in [0.2, 0.25) is 0 Å². The Hall–Kier alpha value is -2.07. The average molecular weight is 526 g/mol. The van der Waals surface area contributed by atoms with Crippen LogP contribution in [0.4, 0.5) is 0 Å². The number of benzene rings is 1. The minimum Gasteiger partial charge on any atom is -0.497 e. The number of furan rings is 1. The molecule has 3 rings (SSSR count). The maximum absolute atomic E-state index is 5.41. The highest BCUT2D eigenvalue weighted by molar-refractivity contribution is 14.0. The van der Waals surface area contributed by atoms with Crippen LogP contribution in [-0.2, 0) is 19.5 Å². The van der Waals surface area contributed by atoms with E-state index in [9.17, 15) is 0 Å². The Morgan fingerprint density at radius 1 is 1.28 bits per heavy atom. The summed E-state index contributed by atoms with van der Waals surface area (Å²) in [4.78, 5) is 11.5. The standard InChI is InChI=1S/C21H26N4O2S.HI/c1-16-24-18(15-28-16)14-25(2)21(22-11-10-20-5-4-12-27-20)23-13-17-6-8-19(26-3)9-7-17;/h4-9,12,15H,10-11,13-14H2,1-3H3,(H,22,23);1H. The van der Waals surface area contributed by atoms with Crippen LogP contribution < -0.4 is 10.1 Å². The second-order valence-corrected chi connectivity index (χ2v) is 7.52. The Kier molecular flexibility index (Phi) is 9.46. The monoisotopic (exact) mass is 526 g/mol. The molecule has 1 aromatic carbocycles. The molecule has 2 heterocycles. The summed E-state index contributed by atoms with van der Waals surface area (Å²) in [5.74, 6) is 2.65. The Bertz CT molecular complexity index is 878. The molecule has 0 saturated carbocycles. The molecule has 156 valence electrons. The first-order valence-electron chi connectivity index (χ1n) is 9.20. The quantitative estimate of drug-likeness (QED) is 0.266. The van der Waals surface area contributed by atoms with Crippen LogP contribution in [-0.4, -0.2) is 36.5 Å². The second-order valence-electron chi connectivity index (χ2n) is 6.46. The van der Waals surface area contributed by atoms with E-state index in [1.165, 1.54) is 0 Å². The molecule has 0 unspecified atom stereocenters. The molecular weight excluding hydrogens is 499 g/mol. The lowest BCUT2D eigenvalue weighted by Crippen LogP contribution is -2.39. The highest BCUT2D eigenvalue weighted by Gasteiger charge is 2.10. The van der Waals surface area contributed by atoms with Gasteiger partial charge in [0.2, 0.25) is 0 Å². The third-order valence-electron chi connectivity index (χ3n) is 4.23. The van der Waals surface area contributed by atoms with Crippen molar-refractivity contribution in [2.45, 2.75) is 26.4 Å². The number of hydrogen-bond donors (Lipinski definition) is 1. The number of aromatic nitrogens is 1. The van der Waals surface area contributed by atoms with Gasteiger partial charge in [0.05, 0.1) is 37.2 Å². The third kappa shape index (κ3) is 7.36. The lowest BCUT2D eigenvalue weighted by Gasteiger charge is -2.21. The van der Waals surface area contributed by atoms with E-state index >= 15 is 0 Å². The normalized spacial score (nSPS) is 11.1. The lowest BCUT2D eigenvalue weighted by atomic mass is 10.2. The number of hydrogen-bond acceptors (Lipinski definition) is 5. The molecule has 8 heteroatoms. The number of nitrogens with one attached hydrogen (secondary N) is 1. The van der Waals surface area contributed by atoms with Gasteiger partial charge in [-0.2, -0.15) is 0 Å². The number of methoxy groups -OCH3 is 1. The first kappa shape index (κ1) is 23.2. The minimum absolute atomic E-state index is 0. The fourth-order valence-electron chi connectivity index (χ4n) is 2.76. The molecule has 0 atom stereocenters. The van der Waals surface area contributed by atoms with E-state index in [-0.39, 0.29) is 24.0 Å². The predicted molar refractivity (Wildman–Crippen MR) is 128 cm³/mol. The average Bonchev–Trinajstić information content (AvgIpc) is 3.36. The van der Waals surface area contributed by atoms with Crippen LogP contribution >= 0.6 is 35.3 Å². The molecule has 3 aromatic rings. The van der Waals surface area contributed by atoms with Gasteiger partial charge < -0.3 is 19.4 Å². The molecule has 0 aliphatic rings. The molecule has 29 heavy (non-hydrogen) atoms.